The summed E-state index contributed by atoms with van der Waals surface area (Å²) in [5.41, 5.74) is 1.64. The fourth-order valence-corrected chi connectivity index (χ4v) is 2.61. The number of nitrogens with one attached hydrogen (secondary N) is 1. The smallest absolute Gasteiger partial charge is 0.343 e. The van der Waals surface area contributed by atoms with Crippen LogP contribution in [0.2, 0.25) is 0 Å². The number of rotatable bonds is 7. The number of hydrogen-bond acceptors (Lipinski definition) is 5. The zero-order valence-corrected chi connectivity index (χ0v) is 15.8. The summed E-state index contributed by atoms with van der Waals surface area (Å²) in [5.74, 6) is -0.516. The number of anilines is 1. The zero-order chi connectivity index (χ0) is 20.0. The summed E-state index contributed by atoms with van der Waals surface area (Å²) in [7, 11) is -1.92. The minimum Gasteiger partial charge on any atom is -0.423 e. The molecule has 0 aliphatic rings. The van der Waals surface area contributed by atoms with Gasteiger partial charge in [0.1, 0.15) is 5.75 Å². The topological polar surface area (TPSA) is 92.8 Å². The number of amides is 1. The highest BCUT2D eigenvalue weighted by Gasteiger charge is 2.13. The molecule has 1 amide bonds. The molecule has 8 heteroatoms. The first kappa shape index (κ1) is 20.2. The van der Waals surface area contributed by atoms with Gasteiger partial charge in [-0.1, -0.05) is 18.7 Å². The van der Waals surface area contributed by atoms with E-state index >= 15 is 0 Å². The van der Waals surface area contributed by atoms with Crippen LogP contribution in [-0.4, -0.2) is 33.6 Å². The Morgan fingerprint density at radius 1 is 1.11 bits per heavy atom. The van der Waals surface area contributed by atoms with Gasteiger partial charge in [-0.25, -0.2) is 13.2 Å². The van der Waals surface area contributed by atoms with E-state index in [0.717, 1.165) is 16.1 Å². The van der Waals surface area contributed by atoms with Gasteiger partial charge in [-0.05, 0) is 48.0 Å². The van der Waals surface area contributed by atoms with Crippen molar-refractivity contribution in [1.29, 1.82) is 0 Å². The highest BCUT2D eigenvalue weighted by atomic mass is 32.2. The molecule has 0 aromatic heterocycles. The number of carbonyl (C=O) groups excluding carboxylic acids is 2. The molecule has 0 fully saturated rings. The van der Waals surface area contributed by atoms with Gasteiger partial charge in [-0.15, -0.1) is 0 Å². The van der Waals surface area contributed by atoms with Crippen LogP contribution < -0.4 is 14.4 Å². The molecule has 0 saturated heterocycles. The van der Waals surface area contributed by atoms with Crippen molar-refractivity contribution >= 4 is 27.6 Å². The first-order valence-electron chi connectivity index (χ1n) is 7.96. The summed E-state index contributed by atoms with van der Waals surface area (Å²) in [6, 6.07) is 12.8. The molecule has 0 saturated carbocycles. The van der Waals surface area contributed by atoms with Crippen LogP contribution in [0.15, 0.2) is 61.2 Å². The van der Waals surface area contributed by atoms with Gasteiger partial charge in [0.05, 0.1) is 17.5 Å². The summed E-state index contributed by atoms with van der Waals surface area (Å²) in [5, 5.41) is 2.64. The van der Waals surface area contributed by atoms with Crippen LogP contribution in [0.25, 0.3) is 0 Å². The van der Waals surface area contributed by atoms with Crippen molar-refractivity contribution < 1.29 is 22.7 Å². The summed E-state index contributed by atoms with van der Waals surface area (Å²) >= 11 is 0. The number of ether oxygens (including phenoxy) is 1. The normalized spacial score (nSPS) is 10.7. The van der Waals surface area contributed by atoms with Crippen LogP contribution in [0.1, 0.15) is 15.9 Å². The number of benzene rings is 2. The molecule has 0 bridgehead atoms. The predicted molar refractivity (Wildman–Crippen MR) is 103 cm³/mol. The van der Waals surface area contributed by atoms with Gasteiger partial charge >= 0.3 is 5.97 Å². The van der Waals surface area contributed by atoms with Gasteiger partial charge in [0.15, 0.2) is 0 Å². The van der Waals surface area contributed by atoms with E-state index in [4.69, 9.17) is 4.74 Å². The molecule has 142 valence electrons. The van der Waals surface area contributed by atoms with Crippen molar-refractivity contribution in [3.05, 3.63) is 72.3 Å². The third-order valence-corrected chi connectivity index (χ3v) is 4.96. The Morgan fingerprint density at radius 3 is 2.22 bits per heavy atom. The molecule has 2 rings (SSSR count). The van der Waals surface area contributed by atoms with Gasteiger partial charge < -0.3 is 10.1 Å². The van der Waals surface area contributed by atoms with Gasteiger partial charge in [-0.3, -0.25) is 9.10 Å². The van der Waals surface area contributed by atoms with E-state index in [1.165, 1.54) is 25.3 Å². The molecule has 0 unspecified atom stereocenters. The zero-order valence-electron chi connectivity index (χ0n) is 15.0. The molecule has 1 N–H and O–H groups in total. The monoisotopic (exact) mass is 388 g/mol. The molecule has 7 nitrogen and oxygen atoms in total. The SMILES string of the molecule is C=CC(=O)NCc1ccc(C(=O)Oc2ccc(N(C)S(C)(=O)=O)cc2)cc1. The van der Waals surface area contributed by atoms with Crippen molar-refractivity contribution in [2.24, 2.45) is 0 Å². The first-order chi connectivity index (χ1) is 12.7. The van der Waals surface area contributed by atoms with E-state index in [-0.39, 0.29) is 5.91 Å². The lowest BCUT2D eigenvalue weighted by atomic mass is 10.1. The Bertz CT molecular complexity index is 935. The van der Waals surface area contributed by atoms with Crippen molar-refractivity contribution in [1.82, 2.24) is 5.32 Å². The second-order valence-corrected chi connectivity index (χ2v) is 7.75. The molecular formula is C19H20N2O5S. The summed E-state index contributed by atoms with van der Waals surface area (Å²) in [6.45, 7) is 3.70. The van der Waals surface area contributed by atoms with Crippen molar-refractivity contribution in [3.63, 3.8) is 0 Å². The number of carbonyl (C=O) groups is 2. The Labute approximate surface area is 158 Å². The van der Waals surface area contributed by atoms with E-state index in [1.807, 2.05) is 0 Å². The third-order valence-electron chi connectivity index (χ3n) is 3.75. The number of nitrogens with zero attached hydrogens (tertiary/aromatic N) is 1. The van der Waals surface area contributed by atoms with Gasteiger partial charge in [-0.2, -0.15) is 0 Å². The Kier molecular flexibility index (Phi) is 6.36. The highest BCUT2D eigenvalue weighted by Crippen LogP contribution is 2.21. The van der Waals surface area contributed by atoms with E-state index in [9.17, 15) is 18.0 Å². The van der Waals surface area contributed by atoms with Gasteiger partial charge in [0.25, 0.3) is 0 Å². The molecule has 2 aromatic rings. The van der Waals surface area contributed by atoms with Crippen LogP contribution in [0.3, 0.4) is 0 Å². The highest BCUT2D eigenvalue weighted by molar-refractivity contribution is 7.92. The van der Waals surface area contributed by atoms with Crippen LogP contribution >= 0.6 is 0 Å². The van der Waals surface area contributed by atoms with Gasteiger partial charge in [0, 0.05) is 13.6 Å². The summed E-state index contributed by atoms with van der Waals surface area (Å²) in [6.07, 6.45) is 2.29. The lowest BCUT2D eigenvalue weighted by molar-refractivity contribution is -0.116. The largest absolute Gasteiger partial charge is 0.423 e. The van der Waals surface area contributed by atoms with Crippen LogP contribution in [0.4, 0.5) is 5.69 Å². The second kappa shape index (κ2) is 8.50. The maximum atomic E-state index is 12.2. The molecule has 0 aliphatic carbocycles. The Morgan fingerprint density at radius 2 is 1.70 bits per heavy atom. The fraction of sp³-hybridized carbons (Fsp3) is 0.158. The Hall–Kier alpha value is -3.13. The van der Waals surface area contributed by atoms with E-state index in [0.29, 0.717) is 23.5 Å². The first-order valence-corrected chi connectivity index (χ1v) is 9.81. The summed E-state index contributed by atoms with van der Waals surface area (Å²) in [4.78, 5) is 23.3. The van der Waals surface area contributed by atoms with E-state index in [1.54, 1.807) is 36.4 Å². The fourth-order valence-electron chi connectivity index (χ4n) is 2.10. The Balaban J connectivity index is 2.00. The summed E-state index contributed by atoms with van der Waals surface area (Å²) < 4.78 is 29.5. The molecule has 0 heterocycles. The van der Waals surface area contributed by atoms with Crippen LogP contribution in [-0.2, 0) is 21.4 Å². The molecule has 0 atom stereocenters. The minimum atomic E-state index is -3.36. The quantitative estimate of drug-likeness (QED) is 0.445. The molecule has 0 spiro atoms. The van der Waals surface area contributed by atoms with Gasteiger partial charge in [0.2, 0.25) is 15.9 Å². The molecular weight excluding hydrogens is 368 g/mol. The standard InChI is InChI=1S/C19H20N2O5S/c1-4-18(22)20-13-14-5-7-15(8-6-14)19(23)26-17-11-9-16(10-12-17)21(2)27(3,24)25/h4-12H,1,13H2,2-3H3,(H,20,22). The number of esters is 1. The lowest BCUT2D eigenvalue weighted by Crippen LogP contribution is -2.24. The number of sulfonamides is 1. The second-order valence-electron chi connectivity index (χ2n) is 5.73. The number of hydrogen-bond donors (Lipinski definition) is 1. The molecule has 0 aliphatic heterocycles. The van der Waals surface area contributed by atoms with Crippen molar-refractivity contribution in [3.8, 4) is 5.75 Å². The average molecular weight is 388 g/mol. The van der Waals surface area contributed by atoms with Crippen LogP contribution in [0.5, 0.6) is 5.75 Å². The molecule has 27 heavy (non-hydrogen) atoms. The third kappa shape index (κ3) is 5.68. The maximum Gasteiger partial charge on any atom is 0.343 e. The molecule has 2 aromatic carbocycles. The minimum absolute atomic E-state index is 0.275. The van der Waals surface area contributed by atoms with Crippen molar-refractivity contribution in [2.45, 2.75) is 6.54 Å². The molecule has 0 radical (unpaired) electrons. The van der Waals surface area contributed by atoms with E-state index < -0.39 is 16.0 Å². The predicted octanol–water partition coefficient (Wildman–Crippen LogP) is 2.10. The average Bonchev–Trinajstić information content (AvgIpc) is 2.65. The van der Waals surface area contributed by atoms with Crippen molar-refractivity contribution in [2.75, 3.05) is 17.6 Å². The maximum absolute atomic E-state index is 12.2. The van der Waals surface area contributed by atoms with Crippen LogP contribution in [0, 0.1) is 0 Å². The lowest BCUT2D eigenvalue weighted by Gasteiger charge is -2.16. The van der Waals surface area contributed by atoms with E-state index in [2.05, 4.69) is 11.9 Å².